The van der Waals surface area contributed by atoms with Gasteiger partial charge < -0.3 is 19.3 Å². The first-order valence-electron chi connectivity index (χ1n) is 6.42. The summed E-state index contributed by atoms with van der Waals surface area (Å²) in [5.74, 6) is -2.35. The van der Waals surface area contributed by atoms with Crippen molar-refractivity contribution < 1.29 is 28.2 Å². The molecule has 0 saturated carbocycles. The van der Waals surface area contributed by atoms with E-state index in [1.807, 2.05) is 0 Å². The molecular formula is C13H16F2N2O4. The molecule has 0 spiro atoms. The Hall–Kier alpha value is -1.96. The van der Waals surface area contributed by atoms with Gasteiger partial charge in [0.25, 0.3) is 12.3 Å². The number of hydrogen-bond acceptors (Lipinski definition) is 3. The van der Waals surface area contributed by atoms with Crippen molar-refractivity contribution in [2.45, 2.75) is 19.0 Å². The van der Waals surface area contributed by atoms with Crippen molar-refractivity contribution in [3.8, 4) is 0 Å². The molecule has 1 aliphatic rings. The molecular weight excluding hydrogens is 286 g/mol. The highest BCUT2D eigenvalue weighted by atomic mass is 19.3. The molecule has 0 radical (unpaired) electrons. The van der Waals surface area contributed by atoms with Crippen LogP contribution in [0.5, 0.6) is 0 Å². The summed E-state index contributed by atoms with van der Waals surface area (Å²) in [6, 6.07) is 2.33. The number of nitrogens with zero attached hydrogens (tertiary/aromatic N) is 2. The van der Waals surface area contributed by atoms with Gasteiger partial charge >= 0.3 is 5.97 Å². The molecule has 0 bridgehead atoms. The van der Waals surface area contributed by atoms with Crippen molar-refractivity contribution in [1.29, 1.82) is 0 Å². The quantitative estimate of drug-likeness (QED) is 0.878. The van der Waals surface area contributed by atoms with E-state index in [1.165, 1.54) is 30.3 Å². The van der Waals surface area contributed by atoms with Crippen LogP contribution in [0.25, 0.3) is 0 Å². The smallest absolute Gasteiger partial charge is 0.311 e. The van der Waals surface area contributed by atoms with E-state index in [1.54, 1.807) is 0 Å². The van der Waals surface area contributed by atoms with E-state index >= 15 is 0 Å². The highest BCUT2D eigenvalue weighted by Gasteiger charge is 2.39. The summed E-state index contributed by atoms with van der Waals surface area (Å²) in [4.78, 5) is 24.7. The molecule has 1 saturated heterocycles. The van der Waals surface area contributed by atoms with Crippen LogP contribution in [-0.4, -0.2) is 59.2 Å². The van der Waals surface area contributed by atoms with Gasteiger partial charge in [0.05, 0.1) is 25.8 Å². The van der Waals surface area contributed by atoms with Crippen LogP contribution in [0.15, 0.2) is 18.3 Å². The standard InChI is InChI=1S/C13H16F2N2O4/c1-16(10-7-21-6-8(10)13(19)20)12(18)9-3-2-4-17(9)5-11(14)15/h2-4,8,10-11H,5-7H2,1H3,(H,19,20). The number of hydrogen-bond donors (Lipinski definition) is 1. The Morgan fingerprint density at radius 3 is 2.86 bits per heavy atom. The number of carboxylic acids is 1. The van der Waals surface area contributed by atoms with Gasteiger partial charge in [-0.2, -0.15) is 0 Å². The first kappa shape index (κ1) is 15.4. The second-order valence-corrected chi connectivity index (χ2v) is 4.90. The molecule has 0 aromatic carbocycles. The Morgan fingerprint density at radius 2 is 2.24 bits per heavy atom. The molecule has 1 aromatic rings. The Labute approximate surface area is 119 Å². The average Bonchev–Trinajstić information content (AvgIpc) is 3.04. The number of rotatable bonds is 5. The predicted molar refractivity (Wildman–Crippen MR) is 68.3 cm³/mol. The number of aliphatic carboxylic acids is 1. The number of halogens is 2. The molecule has 1 fully saturated rings. The second kappa shape index (κ2) is 6.21. The number of ether oxygens (including phenoxy) is 1. The highest BCUT2D eigenvalue weighted by molar-refractivity contribution is 5.93. The fourth-order valence-corrected chi connectivity index (χ4v) is 2.41. The van der Waals surface area contributed by atoms with Gasteiger partial charge in [0.2, 0.25) is 0 Å². The zero-order valence-corrected chi connectivity index (χ0v) is 11.4. The number of alkyl halides is 2. The Kier molecular flexibility index (Phi) is 4.56. The van der Waals surface area contributed by atoms with Crippen LogP contribution in [0.4, 0.5) is 8.78 Å². The van der Waals surface area contributed by atoms with E-state index in [-0.39, 0.29) is 18.9 Å². The molecule has 2 unspecified atom stereocenters. The topological polar surface area (TPSA) is 71.8 Å². The number of carboxylic acid groups (broad SMARTS) is 1. The summed E-state index contributed by atoms with van der Waals surface area (Å²) in [7, 11) is 1.46. The van der Waals surface area contributed by atoms with E-state index in [0.717, 1.165) is 4.57 Å². The molecule has 0 aliphatic carbocycles. The van der Waals surface area contributed by atoms with Crippen molar-refractivity contribution in [2.75, 3.05) is 20.3 Å². The van der Waals surface area contributed by atoms with E-state index in [0.29, 0.717) is 0 Å². The van der Waals surface area contributed by atoms with Gasteiger partial charge in [0.15, 0.2) is 0 Å². The molecule has 6 nitrogen and oxygen atoms in total. The monoisotopic (exact) mass is 302 g/mol. The van der Waals surface area contributed by atoms with Crippen LogP contribution in [0.3, 0.4) is 0 Å². The van der Waals surface area contributed by atoms with Crippen LogP contribution < -0.4 is 0 Å². The molecule has 1 amide bonds. The molecule has 116 valence electrons. The number of likely N-dealkylation sites (N-methyl/N-ethyl adjacent to an activating group) is 1. The average molecular weight is 302 g/mol. The third-order valence-electron chi connectivity index (χ3n) is 3.57. The van der Waals surface area contributed by atoms with E-state index in [2.05, 4.69) is 0 Å². The van der Waals surface area contributed by atoms with Gasteiger partial charge in [-0.1, -0.05) is 0 Å². The first-order chi connectivity index (χ1) is 9.91. The van der Waals surface area contributed by atoms with Crippen molar-refractivity contribution in [1.82, 2.24) is 9.47 Å². The van der Waals surface area contributed by atoms with Crippen LogP contribution in [0, 0.1) is 5.92 Å². The maximum Gasteiger partial charge on any atom is 0.311 e. The second-order valence-electron chi connectivity index (χ2n) is 4.90. The summed E-state index contributed by atoms with van der Waals surface area (Å²) in [5, 5.41) is 9.10. The summed E-state index contributed by atoms with van der Waals surface area (Å²) in [6.07, 6.45) is -1.18. The molecule has 1 aliphatic heterocycles. The van der Waals surface area contributed by atoms with Gasteiger partial charge in [-0.25, -0.2) is 8.78 Å². The zero-order chi connectivity index (χ0) is 15.6. The van der Waals surface area contributed by atoms with Crippen LogP contribution >= 0.6 is 0 Å². The molecule has 21 heavy (non-hydrogen) atoms. The Balaban J connectivity index is 2.16. The van der Waals surface area contributed by atoms with Crippen molar-refractivity contribution in [3.63, 3.8) is 0 Å². The van der Waals surface area contributed by atoms with E-state index in [9.17, 15) is 18.4 Å². The lowest BCUT2D eigenvalue weighted by atomic mass is 10.0. The van der Waals surface area contributed by atoms with Crippen molar-refractivity contribution >= 4 is 11.9 Å². The molecule has 1 N–H and O–H groups in total. The lowest BCUT2D eigenvalue weighted by Crippen LogP contribution is -2.44. The van der Waals surface area contributed by atoms with Gasteiger partial charge in [0, 0.05) is 13.2 Å². The molecule has 2 heterocycles. The van der Waals surface area contributed by atoms with Crippen LogP contribution in [0.1, 0.15) is 10.5 Å². The maximum atomic E-state index is 12.5. The van der Waals surface area contributed by atoms with E-state index < -0.39 is 36.8 Å². The molecule has 1 aromatic heterocycles. The summed E-state index contributed by atoms with van der Waals surface area (Å²) in [5.41, 5.74) is 0.105. The maximum absolute atomic E-state index is 12.5. The molecule has 2 atom stereocenters. The minimum absolute atomic E-state index is 0.0374. The third-order valence-corrected chi connectivity index (χ3v) is 3.57. The Morgan fingerprint density at radius 1 is 1.52 bits per heavy atom. The normalized spacial score (nSPS) is 21.7. The van der Waals surface area contributed by atoms with Crippen LogP contribution in [0.2, 0.25) is 0 Å². The minimum atomic E-state index is -2.57. The highest BCUT2D eigenvalue weighted by Crippen LogP contribution is 2.21. The third kappa shape index (κ3) is 3.21. The number of amides is 1. The summed E-state index contributed by atoms with van der Waals surface area (Å²) >= 11 is 0. The minimum Gasteiger partial charge on any atom is -0.481 e. The van der Waals surface area contributed by atoms with E-state index in [4.69, 9.17) is 9.84 Å². The van der Waals surface area contributed by atoms with Gasteiger partial charge in [-0.3, -0.25) is 9.59 Å². The zero-order valence-electron chi connectivity index (χ0n) is 11.4. The molecule has 2 rings (SSSR count). The lowest BCUT2D eigenvalue weighted by molar-refractivity contribution is -0.142. The van der Waals surface area contributed by atoms with Crippen LogP contribution in [-0.2, 0) is 16.1 Å². The number of aromatic nitrogens is 1. The van der Waals surface area contributed by atoms with Gasteiger partial charge in [-0.05, 0) is 12.1 Å². The summed E-state index contributed by atoms with van der Waals surface area (Å²) in [6.45, 7) is -0.421. The summed E-state index contributed by atoms with van der Waals surface area (Å²) < 4.78 is 31.2. The van der Waals surface area contributed by atoms with Crippen molar-refractivity contribution in [3.05, 3.63) is 24.0 Å². The number of carbonyl (C=O) groups is 2. The molecule has 8 heteroatoms. The fourth-order valence-electron chi connectivity index (χ4n) is 2.41. The predicted octanol–water partition coefficient (Wildman–Crippen LogP) is 0.925. The number of carbonyl (C=O) groups excluding carboxylic acids is 1. The first-order valence-corrected chi connectivity index (χ1v) is 6.42. The SMILES string of the molecule is CN(C(=O)c1cccn1CC(F)F)C1COCC1C(=O)O. The fraction of sp³-hybridized carbons (Fsp3) is 0.538. The van der Waals surface area contributed by atoms with Crippen molar-refractivity contribution in [2.24, 2.45) is 5.92 Å². The lowest BCUT2D eigenvalue weighted by Gasteiger charge is -2.26. The van der Waals surface area contributed by atoms with Gasteiger partial charge in [0.1, 0.15) is 11.6 Å². The Bertz CT molecular complexity index is 532. The largest absolute Gasteiger partial charge is 0.481 e. The van der Waals surface area contributed by atoms with Gasteiger partial charge in [-0.15, -0.1) is 0 Å².